The molecule has 0 radical (unpaired) electrons. The highest BCUT2D eigenvalue weighted by Gasteiger charge is 1.98. The zero-order valence-corrected chi connectivity index (χ0v) is 10.7. The van der Waals surface area contributed by atoms with Crippen molar-refractivity contribution in [2.75, 3.05) is 0 Å². The van der Waals surface area contributed by atoms with Gasteiger partial charge in [0.1, 0.15) is 3.70 Å². The number of hydrogen-bond donors (Lipinski definition) is 0. The minimum Gasteiger partial charge on any atom is -0.250 e. The number of pyridine rings is 2. The summed E-state index contributed by atoms with van der Waals surface area (Å²) in [5.41, 5.74) is 2.23. The van der Waals surface area contributed by atoms with E-state index in [2.05, 4.69) is 38.6 Å². The fraction of sp³-hybridized carbons (Fsp3) is 0.167. The van der Waals surface area contributed by atoms with Crippen molar-refractivity contribution in [1.82, 2.24) is 9.97 Å². The maximum atomic E-state index is 12.6. The van der Waals surface area contributed by atoms with Crippen molar-refractivity contribution < 1.29 is 4.39 Å². The van der Waals surface area contributed by atoms with Gasteiger partial charge in [0.05, 0.1) is 0 Å². The van der Waals surface area contributed by atoms with Gasteiger partial charge in [-0.1, -0.05) is 12.1 Å². The van der Waals surface area contributed by atoms with Gasteiger partial charge < -0.3 is 0 Å². The summed E-state index contributed by atoms with van der Waals surface area (Å²) in [6, 6.07) is 7.20. The quantitative estimate of drug-likeness (QED) is 0.639. The highest BCUT2D eigenvalue weighted by atomic mass is 127. The molecule has 0 saturated carbocycles. The van der Waals surface area contributed by atoms with Gasteiger partial charge in [-0.15, -0.1) is 0 Å². The van der Waals surface area contributed by atoms with Gasteiger partial charge in [-0.05, 0) is 58.7 Å². The van der Waals surface area contributed by atoms with E-state index in [0.717, 1.165) is 22.1 Å². The molecule has 2 heterocycles. The van der Waals surface area contributed by atoms with Gasteiger partial charge in [0.25, 0.3) is 0 Å². The standard InChI is InChI=1S/C12H10FIN2/c13-11-5-3-9(7-15-11)1-2-10-4-6-12(14)16-8-10/h3-8H,1-2H2. The Morgan fingerprint density at radius 1 is 0.938 bits per heavy atom. The Kier molecular flexibility index (Phi) is 3.82. The molecule has 16 heavy (non-hydrogen) atoms. The SMILES string of the molecule is Fc1ccc(CCc2ccc(I)nc2)cn1. The van der Waals surface area contributed by atoms with E-state index in [1.54, 1.807) is 12.3 Å². The fourth-order valence-corrected chi connectivity index (χ4v) is 1.72. The molecule has 0 aliphatic carbocycles. The highest BCUT2D eigenvalue weighted by Crippen LogP contribution is 2.07. The molecule has 0 saturated heterocycles. The van der Waals surface area contributed by atoms with E-state index < -0.39 is 5.95 Å². The number of aryl methyl sites for hydroxylation is 2. The third-order valence-electron chi connectivity index (χ3n) is 2.28. The molecule has 0 fully saturated rings. The van der Waals surface area contributed by atoms with E-state index in [4.69, 9.17) is 0 Å². The second-order valence-electron chi connectivity index (χ2n) is 3.48. The predicted molar refractivity (Wildman–Crippen MR) is 68.6 cm³/mol. The van der Waals surface area contributed by atoms with Crippen LogP contribution < -0.4 is 0 Å². The van der Waals surface area contributed by atoms with Gasteiger partial charge in [0.15, 0.2) is 0 Å². The van der Waals surface area contributed by atoms with Gasteiger partial charge in [-0.3, -0.25) is 4.98 Å². The second kappa shape index (κ2) is 5.34. The van der Waals surface area contributed by atoms with Crippen molar-refractivity contribution in [3.63, 3.8) is 0 Å². The molecular formula is C12H10FIN2. The van der Waals surface area contributed by atoms with E-state index in [0.29, 0.717) is 0 Å². The van der Waals surface area contributed by atoms with E-state index in [9.17, 15) is 4.39 Å². The van der Waals surface area contributed by atoms with Gasteiger partial charge in [-0.25, -0.2) is 4.98 Å². The van der Waals surface area contributed by atoms with E-state index in [1.807, 2.05) is 12.3 Å². The fourth-order valence-electron chi connectivity index (χ4n) is 1.40. The zero-order chi connectivity index (χ0) is 11.4. The van der Waals surface area contributed by atoms with Crippen LogP contribution in [0.5, 0.6) is 0 Å². The molecule has 0 bridgehead atoms. The first kappa shape index (κ1) is 11.4. The third-order valence-corrected chi connectivity index (χ3v) is 2.92. The molecule has 0 atom stereocenters. The lowest BCUT2D eigenvalue weighted by Gasteiger charge is -2.01. The Morgan fingerprint density at radius 3 is 2.06 bits per heavy atom. The summed E-state index contributed by atoms with van der Waals surface area (Å²) >= 11 is 2.18. The Balaban J connectivity index is 1.97. The Bertz CT molecular complexity index is 408. The van der Waals surface area contributed by atoms with Gasteiger partial charge in [0, 0.05) is 12.4 Å². The maximum Gasteiger partial charge on any atom is 0.212 e. The molecule has 82 valence electrons. The summed E-state index contributed by atoms with van der Waals surface area (Å²) < 4.78 is 13.6. The first-order chi connectivity index (χ1) is 7.74. The molecule has 2 rings (SSSR count). The minimum atomic E-state index is -0.431. The number of aromatic nitrogens is 2. The molecule has 2 aromatic rings. The molecule has 4 heteroatoms. The van der Waals surface area contributed by atoms with Crippen LogP contribution in [0.1, 0.15) is 11.1 Å². The normalized spacial score (nSPS) is 10.4. The summed E-state index contributed by atoms with van der Waals surface area (Å²) in [5, 5.41) is 0. The van der Waals surface area contributed by atoms with Crippen LogP contribution in [0.4, 0.5) is 4.39 Å². The van der Waals surface area contributed by atoms with Gasteiger partial charge in [0.2, 0.25) is 5.95 Å². The van der Waals surface area contributed by atoms with Crippen LogP contribution >= 0.6 is 22.6 Å². The van der Waals surface area contributed by atoms with Crippen molar-refractivity contribution in [2.24, 2.45) is 0 Å². The lowest BCUT2D eigenvalue weighted by atomic mass is 10.1. The minimum absolute atomic E-state index is 0.431. The molecule has 0 aromatic carbocycles. The molecule has 0 spiro atoms. The lowest BCUT2D eigenvalue weighted by molar-refractivity contribution is 0.582. The summed E-state index contributed by atoms with van der Waals surface area (Å²) in [5.74, 6) is -0.431. The van der Waals surface area contributed by atoms with Crippen LogP contribution in [0.3, 0.4) is 0 Å². The van der Waals surface area contributed by atoms with Crippen molar-refractivity contribution in [1.29, 1.82) is 0 Å². The Morgan fingerprint density at radius 2 is 1.56 bits per heavy atom. The summed E-state index contributed by atoms with van der Waals surface area (Å²) in [6.07, 6.45) is 5.21. The van der Waals surface area contributed by atoms with Crippen molar-refractivity contribution >= 4 is 22.6 Å². The topological polar surface area (TPSA) is 25.8 Å². The molecule has 0 N–H and O–H groups in total. The molecule has 0 unspecified atom stereocenters. The number of rotatable bonds is 3. The summed E-state index contributed by atoms with van der Waals surface area (Å²) in [7, 11) is 0. The van der Waals surface area contributed by atoms with E-state index >= 15 is 0 Å². The maximum absolute atomic E-state index is 12.6. The number of hydrogen-bond acceptors (Lipinski definition) is 2. The van der Waals surface area contributed by atoms with Crippen LogP contribution in [0.15, 0.2) is 36.7 Å². The number of halogens is 2. The van der Waals surface area contributed by atoms with Crippen LogP contribution in [0.2, 0.25) is 0 Å². The van der Waals surface area contributed by atoms with Crippen molar-refractivity contribution in [3.8, 4) is 0 Å². The summed E-state index contributed by atoms with van der Waals surface area (Å²) in [6.45, 7) is 0. The summed E-state index contributed by atoms with van der Waals surface area (Å²) in [4.78, 5) is 7.84. The number of nitrogens with zero attached hydrogens (tertiary/aromatic N) is 2. The van der Waals surface area contributed by atoms with E-state index in [1.165, 1.54) is 11.6 Å². The molecule has 0 aliphatic heterocycles. The first-order valence-corrected chi connectivity index (χ1v) is 6.03. The average molecular weight is 328 g/mol. The third kappa shape index (κ3) is 3.23. The molecular weight excluding hydrogens is 318 g/mol. The predicted octanol–water partition coefficient (Wildman–Crippen LogP) is 3.01. The van der Waals surface area contributed by atoms with Crippen LogP contribution in [0, 0.1) is 9.65 Å². The lowest BCUT2D eigenvalue weighted by Crippen LogP contribution is -1.94. The van der Waals surface area contributed by atoms with Gasteiger partial charge in [-0.2, -0.15) is 4.39 Å². The zero-order valence-electron chi connectivity index (χ0n) is 8.53. The van der Waals surface area contributed by atoms with Gasteiger partial charge >= 0.3 is 0 Å². The average Bonchev–Trinajstić information content (AvgIpc) is 2.30. The van der Waals surface area contributed by atoms with Crippen LogP contribution in [0.25, 0.3) is 0 Å². The Hall–Kier alpha value is -1.04. The van der Waals surface area contributed by atoms with Crippen molar-refractivity contribution in [3.05, 3.63) is 57.4 Å². The molecule has 2 nitrogen and oxygen atoms in total. The van der Waals surface area contributed by atoms with E-state index in [-0.39, 0.29) is 0 Å². The molecule has 2 aromatic heterocycles. The smallest absolute Gasteiger partial charge is 0.212 e. The molecule has 0 amide bonds. The first-order valence-electron chi connectivity index (χ1n) is 4.95. The largest absolute Gasteiger partial charge is 0.250 e. The van der Waals surface area contributed by atoms with Crippen LogP contribution in [-0.4, -0.2) is 9.97 Å². The Labute approximate surface area is 107 Å². The van der Waals surface area contributed by atoms with Crippen LogP contribution in [-0.2, 0) is 12.8 Å². The highest BCUT2D eigenvalue weighted by molar-refractivity contribution is 14.1. The monoisotopic (exact) mass is 328 g/mol. The van der Waals surface area contributed by atoms with Crippen molar-refractivity contribution in [2.45, 2.75) is 12.8 Å². The molecule has 0 aliphatic rings. The second-order valence-corrected chi connectivity index (χ2v) is 4.58.